The molecule has 36 heavy (non-hydrogen) atoms. The zero-order valence-electron chi connectivity index (χ0n) is 24.9. The van der Waals surface area contributed by atoms with Crippen molar-refractivity contribution in [3.05, 3.63) is 0 Å². The van der Waals surface area contributed by atoms with Gasteiger partial charge in [-0.05, 0) is 76.6 Å². The molecule has 1 fully saturated rings. The van der Waals surface area contributed by atoms with Gasteiger partial charge in [-0.2, -0.15) is 0 Å². The molecular weight excluding hydrogens is 593 g/mol. The minimum atomic E-state index is -2.16. The third-order valence-corrected chi connectivity index (χ3v) is 29.2. The molecule has 4 radical (unpaired) electrons. The van der Waals surface area contributed by atoms with Gasteiger partial charge in [0, 0.05) is 0 Å². The van der Waals surface area contributed by atoms with Gasteiger partial charge in [-0.1, -0.05) is 53.4 Å². The summed E-state index contributed by atoms with van der Waals surface area (Å²) in [7, 11) is -16.6. The Balaban J connectivity index is 3.27. The Labute approximate surface area is 233 Å². The van der Waals surface area contributed by atoms with Crippen LogP contribution in [0.2, 0.25) is 76.6 Å². The lowest BCUT2D eigenvalue weighted by molar-refractivity contribution is 0.142. The lowest BCUT2D eigenvalue weighted by atomic mass is 10.6. The maximum absolute atomic E-state index is 6.58. The molecule has 0 bridgehead atoms. The second kappa shape index (κ2) is 16.0. The summed E-state index contributed by atoms with van der Waals surface area (Å²) in [5.74, 6) is 0. The maximum Gasteiger partial charge on any atom is 0.550 e. The van der Waals surface area contributed by atoms with Crippen molar-refractivity contribution in [3.63, 3.8) is 0 Å². The predicted molar refractivity (Wildman–Crippen MR) is 162 cm³/mol. The highest BCUT2D eigenvalue weighted by Gasteiger charge is 2.50. The first-order valence-electron chi connectivity index (χ1n) is 13.5. The van der Waals surface area contributed by atoms with Gasteiger partial charge in [-0.25, -0.2) is 0 Å². The fourth-order valence-electron chi connectivity index (χ4n) is 4.04. The highest BCUT2D eigenvalue weighted by molar-refractivity contribution is 6.84. The van der Waals surface area contributed by atoms with Gasteiger partial charge in [0.1, 0.15) is 0 Å². The minimum Gasteiger partial charge on any atom is -0.414 e. The molecule has 0 aliphatic carbocycles. The van der Waals surface area contributed by atoms with Crippen molar-refractivity contribution >= 4 is 71.4 Å². The van der Waals surface area contributed by atoms with Gasteiger partial charge in [-0.15, -0.1) is 0 Å². The minimum absolute atomic E-state index is 1.03. The van der Waals surface area contributed by atoms with Crippen LogP contribution < -0.4 is 0 Å². The summed E-state index contributed by atoms with van der Waals surface area (Å²) in [6.07, 6.45) is 4.26. The normalized spacial score (nSPS) is 19.0. The van der Waals surface area contributed by atoms with Gasteiger partial charge in [0.15, 0.2) is 33.3 Å². The summed E-state index contributed by atoms with van der Waals surface area (Å²) in [4.78, 5) is 0. The Bertz CT molecular complexity index is 517. The zero-order chi connectivity index (χ0) is 27.6. The third-order valence-electron chi connectivity index (χ3n) is 5.51. The highest BCUT2D eigenvalue weighted by Crippen LogP contribution is 2.25. The number of rotatable bonds is 16. The van der Waals surface area contributed by atoms with Crippen molar-refractivity contribution in [1.82, 2.24) is 0 Å². The molecule has 1 aliphatic rings. The molecule has 1 rings (SSSR count). The smallest absolute Gasteiger partial charge is 0.414 e. The first kappa shape index (κ1) is 35.4. The lowest BCUT2D eigenvalue weighted by Gasteiger charge is -2.37. The zero-order valence-corrected chi connectivity index (χ0v) is 32.9. The van der Waals surface area contributed by atoms with Crippen molar-refractivity contribution in [2.75, 3.05) is 0 Å². The van der Waals surface area contributed by atoms with Crippen LogP contribution >= 0.6 is 0 Å². The Hall–Kier alpha value is 1.42. The van der Waals surface area contributed by atoms with E-state index in [0.29, 0.717) is 0 Å². The van der Waals surface area contributed by atoms with Crippen molar-refractivity contribution in [2.24, 2.45) is 0 Å². The van der Waals surface area contributed by atoms with Crippen LogP contribution in [0.4, 0.5) is 0 Å². The topological polar surface area (TPSA) is 73.8 Å². The average molecular weight is 645 g/mol. The van der Waals surface area contributed by atoms with E-state index in [1.54, 1.807) is 0 Å². The first-order valence-corrected chi connectivity index (χ1v) is 30.9. The van der Waals surface area contributed by atoms with Crippen molar-refractivity contribution in [2.45, 2.75) is 130 Å². The molecule has 8 nitrogen and oxygen atoms in total. The Morgan fingerprint density at radius 3 is 0.694 bits per heavy atom. The standard InChI is InChI=1S/C20H52O8Si8/c1-13-17-33(5,6)25-29-21-30(26-34(7,8)18-14-2)23-32(28-36(11,12)20-16-4)24-31(22-29)27-35(9,10)19-15-3/h13-20H2,1-12H3. The van der Waals surface area contributed by atoms with E-state index >= 15 is 0 Å². The van der Waals surface area contributed by atoms with Crippen molar-refractivity contribution < 1.29 is 32.9 Å². The molecule has 212 valence electrons. The van der Waals surface area contributed by atoms with Gasteiger partial charge in [0.05, 0.1) is 0 Å². The van der Waals surface area contributed by atoms with Crippen LogP contribution in [0, 0.1) is 0 Å². The summed E-state index contributed by atoms with van der Waals surface area (Å²) < 4.78 is 52.3. The van der Waals surface area contributed by atoms with Crippen LogP contribution in [0.25, 0.3) is 0 Å². The molecule has 0 N–H and O–H groups in total. The average Bonchev–Trinajstić information content (AvgIpc) is 2.64. The van der Waals surface area contributed by atoms with Crippen LogP contribution in [0.3, 0.4) is 0 Å². The quantitative estimate of drug-likeness (QED) is 0.176. The summed E-state index contributed by atoms with van der Waals surface area (Å²) in [5, 5.41) is 0. The van der Waals surface area contributed by atoms with Crippen LogP contribution in [0.15, 0.2) is 0 Å². The predicted octanol–water partition coefficient (Wildman–Crippen LogP) is 6.53. The summed E-state index contributed by atoms with van der Waals surface area (Å²) in [6.45, 7) is 26.4. The molecule has 0 aromatic rings. The summed E-state index contributed by atoms with van der Waals surface area (Å²) >= 11 is 0. The van der Waals surface area contributed by atoms with E-state index in [9.17, 15) is 0 Å². The number of hydrogen-bond acceptors (Lipinski definition) is 8. The molecule has 1 aliphatic heterocycles. The fraction of sp³-hybridized carbons (Fsp3) is 1.00. The molecule has 1 heterocycles. The van der Waals surface area contributed by atoms with E-state index < -0.39 is 71.4 Å². The van der Waals surface area contributed by atoms with E-state index in [4.69, 9.17) is 32.9 Å². The second-order valence-electron chi connectivity index (χ2n) is 11.9. The van der Waals surface area contributed by atoms with Crippen LogP contribution in [0.1, 0.15) is 53.4 Å². The van der Waals surface area contributed by atoms with E-state index in [-0.39, 0.29) is 0 Å². The van der Waals surface area contributed by atoms with Gasteiger partial charge >= 0.3 is 38.1 Å². The monoisotopic (exact) mass is 644 g/mol. The Morgan fingerprint density at radius 2 is 0.556 bits per heavy atom. The highest BCUT2D eigenvalue weighted by atomic mass is 28.5. The molecule has 0 aromatic carbocycles. The van der Waals surface area contributed by atoms with Crippen LogP contribution in [0.5, 0.6) is 0 Å². The van der Waals surface area contributed by atoms with Crippen LogP contribution in [-0.4, -0.2) is 71.4 Å². The molecule has 0 aromatic heterocycles. The van der Waals surface area contributed by atoms with E-state index in [1.807, 2.05) is 0 Å². The largest absolute Gasteiger partial charge is 0.550 e. The molecule has 0 atom stereocenters. The van der Waals surface area contributed by atoms with E-state index in [1.165, 1.54) is 0 Å². The molecule has 0 amide bonds. The van der Waals surface area contributed by atoms with Crippen molar-refractivity contribution in [1.29, 1.82) is 0 Å². The number of hydrogen-bond donors (Lipinski definition) is 0. The summed E-state index contributed by atoms with van der Waals surface area (Å²) in [5.41, 5.74) is 0. The maximum atomic E-state index is 6.58. The van der Waals surface area contributed by atoms with Gasteiger partial charge in [-0.3, -0.25) is 0 Å². The van der Waals surface area contributed by atoms with Gasteiger partial charge in [0.25, 0.3) is 0 Å². The molecule has 0 saturated carbocycles. The Kier molecular flexibility index (Phi) is 15.8. The van der Waals surface area contributed by atoms with E-state index in [2.05, 4.69) is 80.1 Å². The van der Waals surface area contributed by atoms with Crippen LogP contribution in [-0.2, 0) is 32.9 Å². The van der Waals surface area contributed by atoms with E-state index in [0.717, 1.165) is 49.9 Å². The molecule has 16 heteroatoms. The fourth-order valence-corrected chi connectivity index (χ4v) is 26.4. The summed E-state index contributed by atoms with van der Waals surface area (Å²) in [6, 6.07) is 4.12. The first-order chi connectivity index (χ1) is 16.6. The lowest BCUT2D eigenvalue weighted by Crippen LogP contribution is -2.59. The van der Waals surface area contributed by atoms with Crippen molar-refractivity contribution in [3.8, 4) is 0 Å². The molecule has 0 unspecified atom stereocenters. The molecular formula is C20H52O8Si8. The SMILES string of the molecule is CCC[Si](C)(C)O[Si]1O[Si](O[Si](C)(C)CCC)O[Si](O[Si](C)(C)CCC)O[Si](O[Si](C)(C)CCC)O1. The molecule has 0 spiro atoms. The Morgan fingerprint density at radius 1 is 0.389 bits per heavy atom. The van der Waals surface area contributed by atoms with Gasteiger partial charge < -0.3 is 32.9 Å². The third kappa shape index (κ3) is 14.7. The molecule has 1 saturated heterocycles. The van der Waals surface area contributed by atoms with Gasteiger partial charge in [0.2, 0.25) is 0 Å². The second-order valence-corrected chi connectivity index (χ2v) is 36.5.